The predicted octanol–water partition coefficient (Wildman–Crippen LogP) is 6.80. The summed E-state index contributed by atoms with van der Waals surface area (Å²) in [5.74, 6) is -0.574. The average Bonchev–Trinajstić information content (AvgIpc) is 4.14. The van der Waals surface area contributed by atoms with Crippen molar-refractivity contribution in [3.63, 3.8) is 0 Å². The number of H-pyrrole nitrogens is 1. The van der Waals surface area contributed by atoms with E-state index in [9.17, 15) is 24.6 Å². The lowest BCUT2D eigenvalue weighted by molar-refractivity contribution is -0.141. The number of fused-ring (bicyclic) bond motifs is 5. The number of hydrogen-bond acceptors (Lipinski definition) is 12. The molecule has 0 unspecified atom stereocenters. The number of anilines is 1. The highest BCUT2D eigenvalue weighted by atomic mass is 32.1. The van der Waals surface area contributed by atoms with E-state index in [0.717, 1.165) is 38.0 Å². The zero-order chi connectivity index (χ0) is 44.7. The third-order valence-electron chi connectivity index (χ3n) is 13.4. The number of nitrogens with zero attached hydrogens (tertiary/aromatic N) is 7. The van der Waals surface area contributed by atoms with Crippen LogP contribution in [0.15, 0.2) is 88.9 Å². The van der Waals surface area contributed by atoms with Crippen LogP contribution >= 0.6 is 11.3 Å². The number of aromatic amines is 1. The molecule has 10 rings (SSSR count). The number of aliphatic hydroxyl groups excluding tert-OH is 1. The van der Waals surface area contributed by atoms with Crippen LogP contribution in [0.25, 0.3) is 43.6 Å². The molecule has 7 aromatic rings. The number of piperazine rings is 1. The number of para-hydroxylation sites is 1. The summed E-state index contributed by atoms with van der Waals surface area (Å²) in [6.07, 6.45) is -0.000610. The number of likely N-dealkylation sites (tertiary alicyclic amines) is 2. The molecule has 3 aliphatic heterocycles. The van der Waals surface area contributed by atoms with Gasteiger partial charge < -0.3 is 39.7 Å². The summed E-state index contributed by atoms with van der Waals surface area (Å²) in [6, 6.07) is 23.4. The van der Waals surface area contributed by atoms with Crippen molar-refractivity contribution < 1.29 is 29.1 Å². The molecule has 4 N–H and O–H groups in total. The van der Waals surface area contributed by atoms with Crippen LogP contribution in [0.1, 0.15) is 73.8 Å². The predicted molar refractivity (Wildman–Crippen MR) is 243 cm³/mol. The molecule has 16 heteroatoms. The number of aromatic nitrogens is 5. The molecular weight excluding hydrogens is 831 g/mol. The molecule has 3 aromatic carbocycles. The molecule has 2 bridgehead atoms. The van der Waals surface area contributed by atoms with Crippen molar-refractivity contribution in [2.75, 3.05) is 24.5 Å². The molecule has 3 saturated heterocycles. The van der Waals surface area contributed by atoms with E-state index in [0.29, 0.717) is 53.6 Å². The number of phenolic OH excluding ortho intramolecular Hbond substituents is 1. The molecule has 0 saturated carbocycles. The molecule has 0 spiro atoms. The first kappa shape index (κ1) is 41.4. The number of rotatable bonds is 10. The fourth-order valence-corrected chi connectivity index (χ4v) is 11.1. The Hall–Kier alpha value is -6.65. The highest BCUT2D eigenvalue weighted by Gasteiger charge is 2.61. The molecule has 15 nitrogen and oxygen atoms in total. The van der Waals surface area contributed by atoms with Crippen LogP contribution in [-0.2, 0) is 16.1 Å². The number of aryl methyl sites for hydroxylation is 1. The minimum Gasteiger partial charge on any atom is -0.507 e. The van der Waals surface area contributed by atoms with E-state index in [2.05, 4.69) is 49.4 Å². The molecule has 3 aliphatic rings. The number of hydrogen-bond donors (Lipinski definition) is 4. The van der Waals surface area contributed by atoms with Crippen molar-refractivity contribution in [1.29, 1.82) is 0 Å². The third-order valence-corrected chi connectivity index (χ3v) is 14.4. The maximum Gasteiger partial charge on any atom is 0.254 e. The average molecular weight is 880 g/mol. The Balaban J connectivity index is 0.831. The Labute approximate surface area is 373 Å². The van der Waals surface area contributed by atoms with Crippen LogP contribution in [0.2, 0.25) is 0 Å². The Morgan fingerprint density at radius 3 is 2.50 bits per heavy atom. The number of phenols is 1. The van der Waals surface area contributed by atoms with Crippen molar-refractivity contribution in [3.8, 4) is 27.4 Å². The molecule has 3 amide bonds. The van der Waals surface area contributed by atoms with Crippen LogP contribution in [0.3, 0.4) is 0 Å². The molecule has 5 atom stereocenters. The van der Waals surface area contributed by atoms with Gasteiger partial charge in [-0.1, -0.05) is 55.4 Å². The molecule has 3 fully saturated rings. The molecule has 7 heterocycles. The largest absolute Gasteiger partial charge is 0.507 e. The maximum absolute atomic E-state index is 14.4. The summed E-state index contributed by atoms with van der Waals surface area (Å²) < 4.78 is 5.98. The summed E-state index contributed by atoms with van der Waals surface area (Å²) >= 11 is 1.58. The van der Waals surface area contributed by atoms with E-state index in [1.807, 2.05) is 91.8 Å². The van der Waals surface area contributed by atoms with Gasteiger partial charge in [0.1, 0.15) is 17.7 Å². The lowest BCUT2D eigenvalue weighted by atomic mass is 9.91. The summed E-state index contributed by atoms with van der Waals surface area (Å²) in [5, 5.41) is 39.1. The van der Waals surface area contributed by atoms with Gasteiger partial charge in [-0.15, -0.1) is 21.5 Å². The highest BCUT2D eigenvalue weighted by Crippen LogP contribution is 2.50. The van der Waals surface area contributed by atoms with E-state index in [-0.39, 0.29) is 48.9 Å². The van der Waals surface area contributed by atoms with Gasteiger partial charge in [-0.25, -0.2) is 4.98 Å². The number of benzene rings is 3. The van der Waals surface area contributed by atoms with Gasteiger partial charge >= 0.3 is 0 Å². The van der Waals surface area contributed by atoms with E-state index in [4.69, 9.17) is 4.52 Å². The first-order chi connectivity index (χ1) is 30.7. The van der Waals surface area contributed by atoms with Gasteiger partial charge in [0, 0.05) is 66.1 Å². The number of amides is 3. The number of aromatic hydroxyl groups is 1. The second-order valence-corrected chi connectivity index (χ2v) is 19.3. The van der Waals surface area contributed by atoms with Crippen molar-refractivity contribution in [2.45, 2.75) is 83.1 Å². The van der Waals surface area contributed by atoms with Crippen molar-refractivity contribution in [1.82, 2.24) is 40.4 Å². The number of aliphatic hydroxyl groups is 1. The SMILES string of the molecule is Cc1ncsc1-c1ccc(CNC(=O)[C@@H]2C[C@@H](O)CN2C(=O)[C@H](c2cc(N3C[C@@]4(C)C[C@]3(C)CN4C(=O)c3ccc4[nH]c5nnc(-c6ccccc6O)cc5c4c3)no2)C(C)C)cc1. The second-order valence-electron chi connectivity index (χ2n) is 18.4. The standard InChI is InChI=1S/C48H49N9O6S/c1-26(2)41(46(62)55-21-31(58)17-37(55)44(60)49-20-28-10-12-29(13-11-28)42-27(3)50-25-64-42)39-19-40(54-63-39)56-23-48(5)22-47(56,4)24-57(48)45(61)30-14-15-35-33(16-30)34-18-36(52-53-43(34)51-35)32-8-6-7-9-38(32)59/h6-16,18-19,25-26,31,37,41,58-59H,17,20-24H2,1-5H3,(H,49,60)(H,51,53)/t31-,37+,41+,47-,48-/m1/s1. The minimum atomic E-state index is -0.840. The van der Waals surface area contributed by atoms with Gasteiger partial charge in [0.2, 0.25) is 11.8 Å². The second kappa shape index (κ2) is 15.6. The monoisotopic (exact) mass is 879 g/mol. The smallest absolute Gasteiger partial charge is 0.254 e. The number of carbonyl (C=O) groups is 3. The Morgan fingerprint density at radius 2 is 1.78 bits per heavy atom. The Kier molecular flexibility index (Phi) is 10.1. The van der Waals surface area contributed by atoms with Crippen LogP contribution in [0, 0.1) is 12.8 Å². The van der Waals surface area contributed by atoms with Crippen molar-refractivity contribution in [2.24, 2.45) is 5.92 Å². The van der Waals surface area contributed by atoms with E-state index in [1.54, 1.807) is 29.5 Å². The zero-order valence-electron chi connectivity index (χ0n) is 36.2. The minimum absolute atomic E-state index is 0.0388. The van der Waals surface area contributed by atoms with Gasteiger partial charge in [0.15, 0.2) is 17.2 Å². The zero-order valence-corrected chi connectivity index (χ0v) is 37.0. The molecule has 328 valence electrons. The fourth-order valence-electron chi connectivity index (χ4n) is 10.3. The highest BCUT2D eigenvalue weighted by molar-refractivity contribution is 7.13. The summed E-state index contributed by atoms with van der Waals surface area (Å²) in [5.41, 5.74) is 6.84. The van der Waals surface area contributed by atoms with Gasteiger partial charge in [0.05, 0.1) is 39.0 Å². The molecule has 4 aromatic heterocycles. The molecule has 64 heavy (non-hydrogen) atoms. The lowest BCUT2D eigenvalue weighted by Gasteiger charge is -2.43. The van der Waals surface area contributed by atoms with Gasteiger partial charge in [-0.05, 0) is 80.6 Å². The first-order valence-electron chi connectivity index (χ1n) is 21.6. The van der Waals surface area contributed by atoms with Crippen molar-refractivity contribution in [3.05, 3.63) is 107 Å². The maximum atomic E-state index is 14.4. The summed E-state index contributed by atoms with van der Waals surface area (Å²) in [7, 11) is 0. The fraction of sp³-hybridized carbons (Fsp3) is 0.354. The third kappa shape index (κ3) is 7.04. The van der Waals surface area contributed by atoms with Gasteiger partial charge in [-0.2, -0.15) is 0 Å². The first-order valence-corrected chi connectivity index (χ1v) is 22.5. The lowest BCUT2D eigenvalue weighted by Crippen LogP contribution is -2.58. The van der Waals surface area contributed by atoms with Crippen molar-refractivity contribution >= 4 is 56.8 Å². The summed E-state index contributed by atoms with van der Waals surface area (Å²) in [4.78, 5) is 56.8. The van der Waals surface area contributed by atoms with Crippen LogP contribution in [0.4, 0.5) is 5.82 Å². The number of nitrogens with one attached hydrogen (secondary N) is 2. The topological polar surface area (TPSA) is 194 Å². The van der Waals surface area contributed by atoms with Crippen LogP contribution in [-0.4, -0.2) is 106 Å². The molecule has 0 aliphatic carbocycles. The number of β-amino-alcohol motifs (C(OH)–C–C–N with tert-alkyl or cyclic N) is 1. The Bertz CT molecular complexity index is 2960. The number of thiazole rings is 1. The molecule has 0 radical (unpaired) electrons. The normalized spacial score (nSPS) is 22.3. The van der Waals surface area contributed by atoms with E-state index in [1.165, 1.54) is 4.90 Å². The molecular formula is C48H49N9O6S. The van der Waals surface area contributed by atoms with Crippen LogP contribution < -0.4 is 10.2 Å². The Morgan fingerprint density at radius 1 is 0.984 bits per heavy atom. The van der Waals surface area contributed by atoms with Gasteiger partial charge in [-0.3, -0.25) is 14.4 Å². The van der Waals surface area contributed by atoms with E-state index < -0.39 is 29.1 Å². The van der Waals surface area contributed by atoms with E-state index >= 15 is 0 Å². The van der Waals surface area contributed by atoms with Crippen LogP contribution in [0.5, 0.6) is 5.75 Å². The quantitative estimate of drug-likeness (QED) is 0.113. The number of carbonyl (C=O) groups excluding carboxylic acids is 3. The van der Waals surface area contributed by atoms with Gasteiger partial charge in [0.25, 0.3) is 5.91 Å². The summed E-state index contributed by atoms with van der Waals surface area (Å²) in [6.45, 7) is 11.3.